The molecule has 3 aromatic rings. The number of aromatic nitrogens is 1. The molecule has 1 aromatic heterocycles. The Bertz CT molecular complexity index is 1030. The number of nitrogens with zero attached hydrogens (tertiary/aromatic N) is 1. The number of methoxy groups -OCH3 is 1. The third-order valence-electron chi connectivity index (χ3n) is 4.14. The van der Waals surface area contributed by atoms with E-state index in [1.165, 1.54) is 4.57 Å². The third kappa shape index (κ3) is 4.76. The molecular formula is C21H19F3N2OS. The lowest BCUT2D eigenvalue weighted by Crippen LogP contribution is -2.18. The Morgan fingerprint density at radius 2 is 1.93 bits per heavy atom. The number of hydrogen-bond donors (Lipinski definition) is 1. The van der Waals surface area contributed by atoms with Crippen LogP contribution in [0.1, 0.15) is 5.69 Å². The van der Waals surface area contributed by atoms with Crippen LogP contribution in [-0.2, 0) is 6.54 Å². The first-order valence-electron chi connectivity index (χ1n) is 8.51. The van der Waals surface area contributed by atoms with Crippen LogP contribution >= 0.6 is 11.8 Å². The highest BCUT2D eigenvalue weighted by Gasteiger charge is 2.29. The summed E-state index contributed by atoms with van der Waals surface area (Å²) in [5.74, 6) is 6.46. The number of halogens is 3. The van der Waals surface area contributed by atoms with Crippen LogP contribution in [-0.4, -0.2) is 30.7 Å². The molecule has 146 valence electrons. The van der Waals surface area contributed by atoms with Gasteiger partial charge >= 0.3 is 6.18 Å². The highest BCUT2D eigenvalue weighted by Crippen LogP contribution is 2.29. The fourth-order valence-corrected chi connectivity index (χ4v) is 3.31. The third-order valence-corrected chi connectivity index (χ3v) is 4.87. The molecule has 0 amide bonds. The lowest BCUT2D eigenvalue weighted by molar-refractivity contribution is -0.140. The zero-order valence-corrected chi connectivity index (χ0v) is 16.2. The summed E-state index contributed by atoms with van der Waals surface area (Å²) < 4.78 is 45.5. The van der Waals surface area contributed by atoms with Crippen LogP contribution in [0.2, 0.25) is 0 Å². The maximum absolute atomic E-state index is 13.0. The Kier molecular flexibility index (Phi) is 6.10. The van der Waals surface area contributed by atoms with Gasteiger partial charge in [-0.1, -0.05) is 24.1 Å². The molecule has 0 unspecified atom stereocenters. The molecule has 0 bridgehead atoms. The quantitative estimate of drug-likeness (QED) is 0.456. The van der Waals surface area contributed by atoms with E-state index in [9.17, 15) is 13.2 Å². The molecule has 28 heavy (non-hydrogen) atoms. The van der Waals surface area contributed by atoms with E-state index in [2.05, 4.69) is 17.2 Å². The number of fused-ring (bicyclic) bond motifs is 1. The second kappa shape index (κ2) is 8.53. The molecule has 0 saturated heterocycles. The van der Waals surface area contributed by atoms with Crippen LogP contribution in [0, 0.1) is 11.8 Å². The Morgan fingerprint density at radius 1 is 1.14 bits per heavy atom. The van der Waals surface area contributed by atoms with Gasteiger partial charge in [-0.25, -0.2) is 0 Å². The molecule has 0 atom stereocenters. The minimum Gasteiger partial charge on any atom is -0.495 e. The molecular weight excluding hydrogens is 385 g/mol. The molecule has 3 nitrogen and oxygen atoms in total. The molecule has 0 radical (unpaired) electrons. The molecule has 0 aliphatic rings. The summed E-state index contributed by atoms with van der Waals surface area (Å²) in [5.41, 5.74) is 1.64. The number of anilines is 1. The lowest BCUT2D eigenvalue weighted by atomic mass is 10.2. The summed E-state index contributed by atoms with van der Waals surface area (Å²) in [6, 6.07) is 14.4. The number of para-hydroxylation sites is 1. The zero-order chi connectivity index (χ0) is 20.1. The number of rotatable bonds is 5. The number of hydrogen-bond acceptors (Lipinski definition) is 3. The van der Waals surface area contributed by atoms with Crippen LogP contribution in [0.4, 0.5) is 18.9 Å². The Morgan fingerprint density at radius 3 is 2.64 bits per heavy atom. The zero-order valence-electron chi connectivity index (χ0n) is 15.4. The van der Waals surface area contributed by atoms with E-state index < -0.39 is 12.7 Å². The van der Waals surface area contributed by atoms with Gasteiger partial charge < -0.3 is 14.6 Å². The van der Waals surface area contributed by atoms with Crippen molar-refractivity contribution in [2.45, 2.75) is 17.6 Å². The maximum Gasteiger partial charge on any atom is 0.406 e. The molecule has 0 spiro atoms. The smallest absolute Gasteiger partial charge is 0.406 e. The lowest BCUT2D eigenvalue weighted by Gasteiger charge is -2.11. The van der Waals surface area contributed by atoms with Crippen molar-refractivity contribution in [3.8, 4) is 17.6 Å². The van der Waals surface area contributed by atoms with Crippen molar-refractivity contribution in [3.63, 3.8) is 0 Å². The van der Waals surface area contributed by atoms with Gasteiger partial charge in [0.15, 0.2) is 0 Å². The number of ether oxygens (including phenoxy) is 1. The number of thioether (sulfide) groups is 1. The SMILES string of the molecule is COc1cc(SC)ccc1NCC#Cc1cc2ccccc2n1CC(F)(F)F. The molecule has 0 saturated carbocycles. The van der Waals surface area contributed by atoms with Crippen LogP contribution in [0.15, 0.2) is 53.4 Å². The van der Waals surface area contributed by atoms with Crippen molar-refractivity contribution in [2.24, 2.45) is 0 Å². The topological polar surface area (TPSA) is 26.2 Å². The van der Waals surface area contributed by atoms with Crippen LogP contribution < -0.4 is 10.1 Å². The first-order valence-corrected chi connectivity index (χ1v) is 9.73. The van der Waals surface area contributed by atoms with Crippen LogP contribution in [0.3, 0.4) is 0 Å². The molecule has 1 heterocycles. The largest absolute Gasteiger partial charge is 0.495 e. The fourth-order valence-electron chi connectivity index (χ4n) is 2.88. The number of benzene rings is 2. The predicted molar refractivity (Wildman–Crippen MR) is 108 cm³/mol. The molecule has 2 aromatic carbocycles. The molecule has 1 N–H and O–H groups in total. The van der Waals surface area contributed by atoms with Crippen LogP contribution in [0.5, 0.6) is 5.75 Å². The van der Waals surface area contributed by atoms with E-state index in [4.69, 9.17) is 4.74 Å². The summed E-state index contributed by atoms with van der Waals surface area (Å²) in [6.07, 6.45) is -2.34. The van der Waals surface area contributed by atoms with E-state index in [1.807, 2.05) is 24.5 Å². The first kappa shape index (κ1) is 20.0. The van der Waals surface area contributed by atoms with E-state index >= 15 is 0 Å². The van der Waals surface area contributed by atoms with Gasteiger partial charge in [0.25, 0.3) is 0 Å². The highest BCUT2D eigenvalue weighted by molar-refractivity contribution is 7.98. The standard InChI is InChI=1S/C21H19F3N2OS/c1-27-20-13-17(28-2)9-10-18(20)25-11-5-7-16-12-15-6-3-4-8-19(15)26(16)14-21(22,23)24/h3-4,6,8-10,12-13,25H,11,14H2,1-2H3. The van der Waals surface area contributed by atoms with Gasteiger partial charge in [-0.2, -0.15) is 13.2 Å². The Hall–Kier alpha value is -2.72. The van der Waals surface area contributed by atoms with Gasteiger partial charge in [0.05, 0.1) is 25.0 Å². The van der Waals surface area contributed by atoms with Gasteiger partial charge in [-0.3, -0.25) is 0 Å². The van der Waals surface area contributed by atoms with E-state index in [0.717, 1.165) is 16.0 Å². The van der Waals surface area contributed by atoms with Crippen molar-refractivity contribution >= 4 is 28.4 Å². The minimum atomic E-state index is -4.32. The van der Waals surface area contributed by atoms with Gasteiger partial charge in [-0.15, -0.1) is 11.8 Å². The van der Waals surface area contributed by atoms with E-state index in [1.54, 1.807) is 49.2 Å². The average molecular weight is 404 g/mol. The van der Waals surface area contributed by atoms with Crippen molar-refractivity contribution in [1.29, 1.82) is 0 Å². The second-order valence-electron chi connectivity index (χ2n) is 6.01. The maximum atomic E-state index is 13.0. The van der Waals surface area contributed by atoms with E-state index in [0.29, 0.717) is 17.0 Å². The number of alkyl halides is 3. The summed E-state index contributed by atoms with van der Waals surface area (Å²) in [7, 11) is 1.59. The summed E-state index contributed by atoms with van der Waals surface area (Å²) >= 11 is 1.61. The normalized spacial score (nSPS) is 11.2. The second-order valence-corrected chi connectivity index (χ2v) is 6.89. The summed E-state index contributed by atoms with van der Waals surface area (Å²) in [6.45, 7) is -0.787. The van der Waals surface area contributed by atoms with Gasteiger partial charge in [0.2, 0.25) is 0 Å². The van der Waals surface area contributed by atoms with E-state index in [-0.39, 0.29) is 6.54 Å². The summed E-state index contributed by atoms with van der Waals surface area (Å²) in [5, 5.41) is 3.88. The van der Waals surface area contributed by atoms with Crippen molar-refractivity contribution in [3.05, 3.63) is 54.2 Å². The predicted octanol–water partition coefficient (Wildman–Crippen LogP) is 5.40. The monoisotopic (exact) mass is 404 g/mol. The Labute approximate surface area is 165 Å². The molecule has 7 heteroatoms. The van der Waals surface area contributed by atoms with Gasteiger partial charge in [-0.05, 0) is 42.5 Å². The van der Waals surface area contributed by atoms with Crippen molar-refractivity contribution in [1.82, 2.24) is 4.57 Å². The molecule has 0 fully saturated rings. The molecule has 3 rings (SSSR count). The highest BCUT2D eigenvalue weighted by atomic mass is 32.2. The molecule has 0 aliphatic carbocycles. The number of nitrogens with one attached hydrogen (secondary N) is 1. The average Bonchev–Trinajstić information content (AvgIpc) is 3.01. The molecule has 0 aliphatic heterocycles. The van der Waals surface area contributed by atoms with Crippen LogP contribution in [0.25, 0.3) is 10.9 Å². The van der Waals surface area contributed by atoms with Gasteiger partial charge in [0, 0.05) is 15.8 Å². The Balaban J connectivity index is 1.81. The summed E-state index contributed by atoms with van der Waals surface area (Å²) in [4.78, 5) is 1.07. The fraction of sp³-hybridized carbons (Fsp3) is 0.238. The minimum absolute atomic E-state index is 0.280. The van der Waals surface area contributed by atoms with Crippen molar-refractivity contribution in [2.75, 3.05) is 25.2 Å². The first-order chi connectivity index (χ1) is 13.4. The van der Waals surface area contributed by atoms with Crippen molar-refractivity contribution < 1.29 is 17.9 Å². The van der Waals surface area contributed by atoms with Gasteiger partial charge in [0.1, 0.15) is 12.3 Å².